The first-order chi connectivity index (χ1) is 4.15. The number of halogens is 2. The summed E-state index contributed by atoms with van der Waals surface area (Å²) in [6.07, 6.45) is 0. The first-order valence-corrected chi connectivity index (χ1v) is 5.53. The van der Waals surface area contributed by atoms with Crippen molar-refractivity contribution in [2.45, 2.75) is 30.9 Å². The maximum Gasteiger partial charge on any atom is 0.236 e. The molecule has 0 heterocycles. The molecular formula is C5H10Cl2O2S. The molecule has 0 radical (unpaired) electrons. The molecule has 0 saturated heterocycles. The summed E-state index contributed by atoms with van der Waals surface area (Å²) in [7, 11) is 1.54. The van der Waals surface area contributed by atoms with Crippen molar-refractivity contribution in [1.82, 2.24) is 0 Å². The van der Waals surface area contributed by atoms with E-state index in [9.17, 15) is 8.42 Å². The maximum absolute atomic E-state index is 10.7. The summed E-state index contributed by atoms with van der Waals surface area (Å²) in [5.41, 5.74) is 0. The highest BCUT2D eigenvalue weighted by Crippen LogP contribution is 2.25. The van der Waals surface area contributed by atoms with E-state index in [-0.39, 0.29) is 0 Å². The second-order valence-corrected chi connectivity index (χ2v) is 6.61. The van der Waals surface area contributed by atoms with Gasteiger partial charge >= 0.3 is 0 Å². The van der Waals surface area contributed by atoms with E-state index in [0.29, 0.717) is 0 Å². The molecule has 1 unspecified atom stereocenters. The van der Waals surface area contributed by atoms with E-state index < -0.39 is 19.2 Å². The van der Waals surface area contributed by atoms with Gasteiger partial charge < -0.3 is 0 Å². The zero-order valence-electron chi connectivity index (χ0n) is 6.06. The van der Waals surface area contributed by atoms with Gasteiger partial charge in [0.15, 0.2) is 0 Å². The van der Waals surface area contributed by atoms with Crippen LogP contribution in [0.3, 0.4) is 0 Å². The Bertz CT molecular complexity index is 202. The molecule has 0 saturated carbocycles. The maximum atomic E-state index is 10.7. The molecule has 0 amide bonds. The predicted octanol–water partition coefficient (Wildman–Crippen LogP) is 1.96. The summed E-state index contributed by atoms with van der Waals surface area (Å²) >= 11 is 5.70. The molecule has 5 heteroatoms. The highest BCUT2D eigenvalue weighted by atomic mass is 35.7. The quantitative estimate of drug-likeness (QED) is 0.510. The van der Waals surface area contributed by atoms with E-state index >= 15 is 0 Å². The van der Waals surface area contributed by atoms with Gasteiger partial charge in [-0.05, 0) is 20.8 Å². The molecule has 1 atom stereocenters. The van der Waals surface area contributed by atoms with Crippen LogP contribution in [0.2, 0.25) is 0 Å². The smallest absolute Gasteiger partial charge is 0.212 e. The Labute approximate surface area is 70.9 Å². The fourth-order valence-electron chi connectivity index (χ4n) is 0.335. The Balaban J connectivity index is 4.56. The van der Waals surface area contributed by atoms with Gasteiger partial charge in [0.05, 0.1) is 10.1 Å². The standard InChI is InChI=1S/C5H10Cl2O2S/c1-4(5(2,3)6)10(7,8)9/h4H,1-3H3. The lowest BCUT2D eigenvalue weighted by Gasteiger charge is -2.20. The van der Waals surface area contributed by atoms with Gasteiger partial charge in [0, 0.05) is 10.7 Å². The Hall–Kier alpha value is 0.530. The summed E-state index contributed by atoms with van der Waals surface area (Å²) in [5, 5.41) is -0.733. The van der Waals surface area contributed by atoms with Gasteiger partial charge in [-0.15, -0.1) is 11.6 Å². The summed E-state index contributed by atoms with van der Waals surface area (Å²) in [4.78, 5) is -0.805. The minimum Gasteiger partial charge on any atom is -0.212 e. The van der Waals surface area contributed by atoms with Crippen LogP contribution in [-0.2, 0) is 9.05 Å². The van der Waals surface area contributed by atoms with Gasteiger partial charge in [-0.25, -0.2) is 8.42 Å². The van der Waals surface area contributed by atoms with Crippen molar-refractivity contribution < 1.29 is 8.42 Å². The molecule has 0 aliphatic rings. The summed E-state index contributed by atoms with van der Waals surface area (Å²) in [6.45, 7) is 4.70. The Morgan fingerprint density at radius 1 is 1.40 bits per heavy atom. The zero-order valence-corrected chi connectivity index (χ0v) is 8.39. The Morgan fingerprint density at radius 2 is 1.70 bits per heavy atom. The average Bonchev–Trinajstić information content (AvgIpc) is 1.59. The molecule has 0 fully saturated rings. The van der Waals surface area contributed by atoms with Gasteiger partial charge in [-0.1, -0.05) is 0 Å². The monoisotopic (exact) mass is 204 g/mol. The molecule has 0 rings (SSSR count). The topological polar surface area (TPSA) is 34.1 Å². The molecule has 0 bridgehead atoms. The number of hydrogen-bond acceptors (Lipinski definition) is 2. The van der Waals surface area contributed by atoms with Crippen LogP contribution in [0.25, 0.3) is 0 Å². The van der Waals surface area contributed by atoms with E-state index in [1.54, 1.807) is 13.8 Å². The number of alkyl halides is 1. The molecule has 10 heavy (non-hydrogen) atoms. The highest BCUT2D eigenvalue weighted by Gasteiger charge is 2.32. The molecule has 0 aliphatic carbocycles. The van der Waals surface area contributed by atoms with Crippen LogP contribution < -0.4 is 0 Å². The largest absolute Gasteiger partial charge is 0.236 e. The fourth-order valence-corrected chi connectivity index (χ4v) is 2.16. The van der Waals surface area contributed by atoms with E-state index in [1.807, 2.05) is 0 Å². The third-order valence-corrected chi connectivity index (χ3v) is 4.08. The summed E-state index contributed by atoms with van der Waals surface area (Å²) in [6, 6.07) is 0. The highest BCUT2D eigenvalue weighted by molar-refractivity contribution is 8.14. The van der Waals surface area contributed by atoms with Crippen molar-refractivity contribution in [1.29, 1.82) is 0 Å². The van der Waals surface area contributed by atoms with Crippen molar-refractivity contribution in [2.75, 3.05) is 0 Å². The van der Waals surface area contributed by atoms with Gasteiger partial charge in [0.1, 0.15) is 0 Å². The molecule has 62 valence electrons. The van der Waals surface area contributed by atoms with Crippen molar-refractivity contribution in [3.05, 3.63) is 0 Å². The molecule has 0 aromatic carbocycles. The number of rotatable bonds is 2. The van der Waals surface area contributed by atoms with Crippen LogP contribution in [0.4, 0.5) is 0 Å². The minimum atomic E-state index is -3.52. The molecule has 0 aromatic heterocycles. The first-order valence-electron chi connectivity index (χ1n) is 2.78. The van der Waals surface area contributed by atoms with Crippen molar-refractivity contribution in [3.63, 3.8) is 0 Å². The van der Waals surface area contributed by atoms with Crippen LogP contribution in [0.5, 0.6) is 0 Å². The molecular weight excluding hydrogens is 195 g/mol. The van der Waals surface area contributed by atoms with Crippen molar-refractivity contribution in [2.24, 2.45) is 0 Å². The third kappa shape index (κ3) is 3.08. The van der Waals surface area contributed by atoms with E-state index in [4.69, 9.17) is 22.3 Å². The van der Waals surface area contributed by atoms with Gasteiger partial charge in [0.25, 0.3) is 0 Å². The minimum absolute atomic E-state index is 0.733. The second-order valence-electron chi connectivity index (χ2n) is 2.68. The van der Waals surface area contributed by atoms with Gasteiger partial charge in [0.2, 0.25) is 9.05 Å². The zero-order chi connectivity index (χ0) is 8.58. The van der Waals surface area contributed by atoms with Crippen LogP contribution >= 0.6 is 22.3 Å². The molecule has 0 spiro atoms. The van der Waals surface area contributed by atoms with Crippen LogP contribution in [-0.4, -0.2) is 18.5 Å². The second kappa shape index (κ2) is 2.88. The van der Waals surface area contributed by atoms with E-state index in [2.05, 4.69) is 0 Å². The average molecular weight is 205 g/mol. The molecule has 0 aromatic rings. The lowest BCUT2D eigenvalue weighted by Crippen LogP contribution is -2.32. The summed E-state index contributed by atoms with van der Waals surface area (Å²) < 4.78 is 21.3. The lowest BCUT2D eigenvalue weighted by atomic mass is 10.1. The van der Waals surface area contributed by atoms with Crippen LogP contribution in [0.15, 0.2) is 0 Å². The molecule has 2 nitrogen and oxygen atoms in total. The fraction of sp³-hybridized carbons (Fsp3) is 1.00. The Kier molecular flexibility index (Phi) is 3.03. The molecule has 0 aliphatic heterocycles. The van der Waals surface area contributed by atoms with Crippen molar-refractivity contribution >= 4 is 31.3 Å². The SMILES string of the molecule is CC(C(C)(C)Cl)S(=O)(=O)Cl. The normalized spacial score (nSPS) is 16.9. The van der Waals surface area contributed by atoms with Crippen LogP contribution in [0.1, 0.15) is 20.8 Å². The Morgan fingerprint density at radius 3 is 1.70 bits per heavy atom. The first kappa shape index (κ1) is 10.5. The summed E-state index contributed by atoms with van der Waals surface area (Å²) in [5.74, 6) is 0. The van der Waals surface area contributed by atoms with Gasteiger partial charge in [-0.2, -0.15) is 0 Å². The van der Waals surface area contributed by atoms with Crippen molar-refractivity contribution in [3.8, 4) is 0 Å². The van der Waals surface area contributed by atoms with Crippen LogP contribution in [0, 0.1) is 0 Å². The predicted molar refractivity (Wildman–Crippen MR) is 44.2 cm³/mol. The third-order valence-electron chi connectivity index (χ3n) is 1.39. The molecule has 0 N–H and O–H groups in total. The van der Waals surface area contributed by atoms with E-state index in [0.717, 1.165) is 0 Å². The van der Waals surface area contributed by atoms with E-state index in [1.165, 1.54) is 6.92 Å². The van der Waals surface area contributed by atoms with Gasteiger partial charge in [-0.3, -0.25) is 0 Å². The lowest BCUT2D eigenvalue weighted by molar-refractivity contribution is 0.573. The number of hydrogen-bond donors (Lipinski definition) is 0.